The molecule has 4 aromatic rings. The number of H-pyrrole nitrogens is 1. The first kappa shape index (κ1) is 21.9. The monoisotopic (exact) mass is 476 g/mol. The molecule has 0 fully saturated rings. The Morgan fingerprint density at radius 1 is 1.19 bits per heavy atom. The van der Waals surface area contributed by atoms with Gasteiger partial charge in [0.05, 0.1) is 23.1 Å². The largest absolute Gasteiger partial charge is 0.325 e. The third-order valence-corrected chi connectivity index (χ3v) is 5.58. The molecule has 2 aromatic heterocycles. The number of amides is 1. The van der Waals surface area contributed by atoms with Crippen LogP contribution in [0.25, 0.3) is 11.2 Å². The van der Waals surface area contributed by atoms with Crippen molar-refractivity contribution in [2.45, 2.75) is 12.3 Å². The maximum atomic E-state index is 13.2. The van der Waals surface area contributed by atoms with E-state index in [1.807, 2.05) is 0 Å². The molecule has 8 nitrogen and oxygen atoms in total. The van der Waals surface area contributed by atoms with Crippen LogP contribution in [-0.4, -0.2) is 36.6 Å². The minimum Gasteiger partial charge on any atom is -0.325 e. The molecule has 1 amide bonds. The summed E-state index contributed by atoms with van der Waals surface area (Å²) >= 11 is 6.93. The van der Waals surface area contributed by atoms with Crippen molar-refractivity contribution in [3.63, 3.8) is 0 Å². The highest BCUT2D eigenvalue weighted by Gasteiger charge is 2.13. The Kier molecular flexibility index (Phi) is 6.47. The van der Waals surface area contributed by atoms with Crippen molar-refractivity contribution in [3.05, 3.63) is 80.9 Å². The number of hydrogen-bond acceptors (Lipinski definition) is 6. The normalized spacial score (nSPS) is 11.1. The van der Waals surface area contributed by atoms with E-state index in [0.717, 1.165) is 11.6 Å². The van der Waals surface area contributed by atoms with Crippen LogP contribution in [0.4, 0.5) is 14.5 Å². The maximum Gasteiger partial charge on any atom is 0.281 e. The predicted molar refractivity (Wildman–Crippen MR) is 118 cm³/mol. The zero-order chi connectivity index (χ0) is 22.7. The van der Waals surface area contributed by atoms with Crippen molar-refractivity contribution in [1.82, 2.24) is 25.0 Å². The van der Waals surface area contributed by atoms with Gasteiger partial charge < -0.3 is 10.3 Å². The number of rotatable bonds is 7. The number of nitrogens with zero attached hydrogens (tertiary/aromatic N) is 4. The van der Waals surface area contributed by atoms with E-state index < -0.39 is 11.4 Å². The van der Waals surface area contributed by atoms with Crippen molar-refractivity contribution in [1.29, 1.82) is 0 Å². The summed E-state index contributed by atoms with van der Waals surface area (Å²) in [7, 11) is 0. The fraction of sp³-hybridized carbons (Fsp3) is 0.150. The number of aromatic amines is 1. The van der Waals surface area contributed by atoms with E-state index in [4.69, 9.17) is 11.6 Å². The Balaban J connectivity index is 1.41. The Morgan fingerprint density at radius 2 is 1.97 bits per heavy atom. The molecular formula is C20H15ClF2N6O2S. The molecule has 0 aliphatic rings. The van der Waals surface area contributed by atoms with E-state index in [2.05, 4.69) is 25.6 Å². The summed E-state index contributed by atoms with van der Waals surface area (Å²) in [6.07, 6.45) is 0. The second kappa shape index (κ2) is 9.45. The first-order valence-electron chi connectivity index (χ1n) is 9.28. The van der Waals surface area contributed by atoms with Crippen LogP contribution in [0.1, 0.15) is 11.4 Å². The lowest BCUT2D eigenvalue weighted by Gasteiger charge is -2.06. The van der Waals surface area contributed by atoms with Crippen molar-refractivity contribution >= 4 is 46.1 Å². The van der Waals surface area contributed by atoms with Gasteiger partial charge in [0.1, 0.15) is 17.5 Å². The van der Waals surface area contributed by atoms with Gasteiger partial charge in [-0.15, -0.1) is 16.9 Å². The van der Waals surface area contributed by atoms with Crippen molar-refractivity contribution < 1.29 is 13.6 Å². The zero-order valence-electron chi connectivity index (χ0n) is 16.3. The molecule has 0 saturated carbocycles. The lowest BCUT2D eigenvalue weighted by atomic mass is 10.2. The Bertz CT molecular complexity index is 1340. The number of benzene rings is 2. The second-order valence-electron chi connectivity index (χ2n) is 6.73. The highest BCUT2D eigenvalue weighted by atomic mass is 35.5. The molecule has 2 N–H and O–H groups in total. The van der Waals surface area contributed by atoms with Crippen LogP contribution in [0, 0.1) is 11.6 Å². The van der Waals surface area contributed by atoms with Crippen LogP contribution < -0.4 is 10.9 Å². The fourth-order valence-corrected chi connectivity index (χ4v) is 3.73. The first-order chi connectivity index (χ1) is 15.4. The van der Waals surface area contributed by atoms with Crippen molar-refractivity contribution in [3.8, 4) is 0 Å². The number of carbonyl (C=O) groups is 1. The molecule has 2 aromatic carbocycles. The lowest BCUT2D eigenvalue weighted by Crippen LogP contribution is -2.16. The molecule has 2 heterocycles. The molecule has 4 rings (SSSR count). The molecule has 0 spiro atoms. The van der Waals surface area contributed by atoms with Crippen molar-refractivity contribution in [2.75, 3.05) is 11.1 Å². The van der Waals surface area contributed by atoms with Crippen molar-refractivity contribution in [2.24, 2.45) is 0 Å². The number of anilines is 1. The van der Waals surface area contributed by atoms with E-state index in [0.29, 0.717) is 17.2 Å². The van der Waals surface area contributed by atoms with Crippen LogP contribution in [0.2, 0.25) is 5.02 Å². The van der Waals surface area contributed by atoms with E-state index in [-0.39, 0.29) is 40.3 Å². The summed E-state index contributed by atoms with van der Waals surface area (Å²) in [5, 5.41) is 10.4. The van der Waals surface area contributed by atoms with Crippen LogP contribution >= 0.6 is 23.4 Å². The third kappa shape index (κ3) is 5.11. The van der Waals surface area contributed by atoms with Gasteiger partial charge in [-0.2, -0.15) is 0 Å². The number of fused-ring (bicyclic) bond motifs is 1. The summed E-state index contributed by atoms with van der Waals surface area (Å²) in [4.78, 5) is 31.5. The zero-order valence-corrected chi connectivity index (χ0v) is 17.9. The van der Waals surface area contributed by atoms with Crippen LogP contribution in [0.15, 0.2) is 47.3 Å². The first-order valence-corrected chi connectivity index (χ1v) is 10.8. The second-order valence-corrected chi connectivity index (χ2v) is 8.12. The van der Waals surface area contributed by atoms with E-state index in [1.165, 1.54) is 40.7 Å². The number of carbonyl (C=O) groups excluding carboxylic acids is 1. The summed E-state index contributed by atoms with van der Waals surface area (Å²) in [5.41, 5.74) is 1.09. The van der Waals surface area contributed by atoms with Crippen LogP contribution in [-0.2, 0) is 17.1 Å². The minimum absolute atomic E-state index is 0.0732. The van der Waals surface area contributed by atoms with E-state index in [9.17, 15) is 18.4 Å². The predicted octanol–water partition coefficient (Wildman–Crippen LogP) is 3.37. The van der Waals surface area contributed by atoms with Gasteiger partial charge in [0.25, 0.3) is 5.56 Å². The third-order valence-electron chi connectivity index (χ3n) is 4.34. The van der Waals surface area contributed by atoms with E-state index >= 15 is 0 Å². The minimum atomic E-state index is -0.572. The smallest absolute Gasteiger partial charge is 0.281 e. The van der Waals surface area contributed by atoms with Crippen LogP contribution in [0.5, 0.6) is 0 Å². The maximum absolute atomic E-state index is 13.2. The standard InChI is InChI=1S/C20H15ClF2N6O2S/c21-14-7-13(5-6-15(14)23)24-17(30)10-32-9-16-25-19-18(20(31)26-16)27-28-29(19)8-11-1-3-12(22)4-2-11/h1-7H,8-10H2,(H,24,30)(H,25,26,31). The van der Waals surface area contributed by atoms with Gasteiger partial charge >= 0.3 is 0 Å². The molecule has 0 radical (unpaired) electrons. The molecule has 0 aliphatic carbocycles. The van der Waals surface area contributed by atoms with Gasteiger partial charge in [-0.05, 0) is 35.9 Å². The Morgan fingerprint density at radius 3 is 2.72 bits per heavy atom. The Hall–Kier alpha value is -3.31. The highest BCUT2D eigenvalue weighted by molar-refractivity contribution is 7.99. The molecule has 12 heteroatoms. The number of aromatic nitrogens is 5. The molecule has 0 saturated heterocycles. The number of halogens is 3. The molecule has 0 atom stereocenters. The fourth-order valence-electron chi connectivity index (χ4n) is 2.86. The number of nitrogens with one attached hydrogen (secondary N) is 2. The molecule has 32 heavy (non-hydrogen) atoms. The molecular weight excluding hydrogens is 462 g/mol. The summed E-state index contributed by atoms with van der Waals surface area (Å²) in [6.45, 7) is 0.266. The van der Waals surface area contributed by atoms with Gasteiger partial charge in [0.15, 0.2) is 11.2 Å². The number of hydrogen-bond donors (Lipinski definition) is 2. The average molecular weight is 477 g/mol. The quantitative estimate of drug-likeness (QED) is 0.423. The topological polar surface area (TPSA) is 106 Å². The lowest BCUT2D eigenvalue weighted by molar-refractivity contribution is -0.113. The Labute approximate surface area is 189 Å². The highest BCUT2D eigenvalue weighted by Crippen LogP contribution is 2.20. The summed E-state index contributed by atoms with van der Waals surface area (Å²) < 4.78 is 27.8. The summed E-state index contributed by atoms with van der Waals surface area (Å²) in [5.74, 6) is -0.555. The SMILES string of the molecule is O=C(CSCc1nc2c(nnn2Cc2ccc(F)cc2)c(=O)[nH]1)Nc1ccc(F)c(Cl)c1. The van der Waals surface area contributed by atoms with Gasteiger partial charge in [-0.25, -0.2) is 18.4 Å². The van der Waals surface area contributed by atoms with Gasteiger partial charge in [-0.3, -0.25) is 9.59 Å². The molecule has 164 valence electrons. The van der Waals surface area contributed by atoms with Gasteiger partial charge in [0, 0.05) is 5.69 Å². The number of thioether (sulfide) groups is 1. The van der Waals surface area contributed by atoms with Gasteiger partial charge in [-0.1, -0.05) is 28.9 Å². The molecule has 0 unspecified atom stereocenters. The van der Waals surface area contributed by atoms with Gasteiger partial charge in [0.2, 0.25) is 5.91 Å². The van der Waals surface area contributed by atoms with E-state index in [1.54, 1.807) is 12.1 Å². The average Bonchev–Trinajstić information content (AvgIpc) is 3.16. The van der Waals surface area contributed by atoms with Crippen LogP contribution in [0.3, 0.4) is 0 Å². The molecule has 0 aliphatic heterocycles. The molecule has 0 bridgehead atoms. The summed E-state index contributed by atoms with van der Waals surface area (Å²) in [6, 6.07) is 9.79.